The predicted molar refractivity (Wildman–Crippen MR) is 96.6 cm³/mol. The fourth-order valence-corrected chi connectivity index (χ4v) is 2.05. The number of ether oxygens (including phenoxy) is 1. The molecule has 0 aromatic heterocycles. The Hall–Kier alpha value is -2.73. The lowest BCUT2D eigenvalue weighted by Gasteiger charge is -2.10. The maximum absolute atomic E-state index is 12.8. The van der Waals surface area contributed by atoms with Gasteiger partial charge < -0.3 is 9.64 Å². The predicted octanol–water partition coefficient (Wildman–Crippen LogP) is 2.92. The molecule has 1 amide bonds. The van der Waals surface area contributed by atoms with Crippen molar-refractivity contribution in [1.82, 2.24) is 10.3 Å². The zero-order valence-corrected chi connectivity index (χ0v) is 14.4. The van der Waals surface area contributed by atoms with Gasteiger partial charge in [0.15, 0.2) is 0 Å². The normalized spacial score (nSPS) is 11.0. The van der Waals surface area contributed by atoms with Gasteiger partial charge >= 0.3 is 0 Å². The van der Waals surface area contributed by atoms with Gasteiger partial charge in [-0.15, -0.1) is 0 Å². The standard InChI is InChI=1S/C19H22FN3O2/c1-23(2)12-3-13-25-18-10-4-15(5-11-18)14-21-22-19(24)16-6-8-17(20)9-7-16/h4-11,14H,3,12-13H2,1-2H3,(H,22,24)/b21-14+. The summed E-state index contributed by atoms with van der Waals surface area (Å²) >= 11 is 0. The maximum atomic E-state index is 12.8. The molecule has 0 saturated heterocycles. The Bertz CT molecular complexity index is 698. The van der Waals surface area contributed by atoms with Crippen LogP contribution < -0.4 is 10.2 Å². The minimum atomic E-state index is -0.392. The van der Waals surface area contributed by atoms with Crippen LogP contribution in [0.2, 0.25) is 0 Å². The van der Waals surface area contributed by atoms with Crippen LogP contribution in [-0.2, 0) is 0 Å². The van der Waals surface area contributed by atoms with E-state index in [0.29, 0.717) is 12.2 Å². The molecule has 2 rings (SSSR count). The van der Waals surface area contributed by atoms with Crippen LogP contribution in [0.15, 0.2) is 53.6 Å². The van der Waals surface area contributed by atoms with Crippen LogP contribution in [0, 0.1) is 5.82 Å². The summed E-state index contributed by atoms with van der Waals surface area (Å²) in [6.45, 7) is 1.65. The molecule has 0 spiro atoms. The van der Waals surface area contributed by atoms with Crippen molar-refractivity contribution in [2.45, 2.75) is 6.42 Å². The molecule has 6 heteroatoms. The SMILES string of the molecule is CN(C)CCCOc1ccc(/C=N/NC(=O)c2ccc(F)cc2)cc1. The van der Waals surface area contributed by atoms with Crippen molar-refractivity contribution in [2.75, 3.05) is 27.2 Å². The van der Waals surface area contributed by atoms with Crippen molar-refractivity contribution in [1.29, 1.82) is 0 Å². The van der Waals surface area contributed by atoms with Gasteiger partial charge in [-0.3, -0.25) is 4.79 Å². The topological polar surface area (TPSA) is 53.9 Å². The Morgan fingerprint density at radius 2 is 1.84 bits per heavy atom. The molecule has 0 atom stereocenters. The first kappa shape index (κ1) is 18.6. The quantitative estimate of drug-likeness (QED) is 0.455. The van der Waals surface area contributed by atoms with Gasteiger partial charge in [0.05, 0.1) is 12.8 Å². The van der Waals surface area contributed by atoms with Gasteiger partial charge in [0.1, 0.15) is 11.6 Å². The average molecular weight is 343 g/mol. The van der Waals surface area contributed by atoms with Crippen LogP contribution in [0.25, 0.3) is 0 Å². The summed E-state index contributed by atoms with van der Waals surface area (Å²) in [4.78, 5) is 13.9. The first-order valence-electron chi connectivity index (χ1n) is 8.01. The van der Waals surface area contributed by atoms with Crippen molar-refractivity contribution in [2.24, 2.45) is 5.10 Å². The molecule has 2 aromatic carbocycles. The second-order valence-corrected chi connectivity index (χ2v) is 5.78. The van der Waals surface area contributed by atoms with Crippen LogP contribution in [0.4, 0.5) is 4.39 Å². The van der Waals surface area contributed by atoms with Crippen LogP contribution in [0.5, 0.6) is 5.75 Å². The zero-order chi connectivity index (χ0) is 18.1. The molecule has 0 unspecified atom stereocenters. The highest BCUT2D eigenvalue weighted by molar-refractivity contribution is 5.94. The number of nitrogens with one attached hydrogen (secondary N) is 1. The molecule has 0 fully saturated rings. The number of hydrazone groups is 1. The smallest absolute Gasteiger partial charge is 0.271 e. The summed E-state index contributed by atoms with van der Waals surface area (Å²) < 4.78 is 18.5. The molecule has 0 aliphatic carbocycles. The summed E-state index contributed by atoms with van der Waals surface area (Å²) in [7, 11) is 4.06. The number of amides is 1. The zero-order valence-electron chi connectivity index (χ0n) is 14.4. The number of benzene rings is 2. The summed E-state index contributed by atoms with van der Waals surface area (Å²) in [5.41, 5.74) is 3.59. The highest BCUT2D eigenvalue weighted by Crippen LogP contribution is 2.11. The molecule has 5 nitrogen and oxygen atoms in total. The van der Waals surface area contributed by atoms with Crippen molar-refractivity contribution >= 4 is 12.1 Å². The van der Waals surface area contributed by atoms with Crippen molar-refractivity contribution in [3.63, 3.8) is 0 Å². The summed E-state index contributed by atoms with van der Waals surface area (Å²) in [6.07, 6.45) is 2.50. The van der Waals surface area contributed by atoms with Crippen LogP contribution >= 0.6 is 0 Å². The fourth-order valence-electron chi connectivity index (χ4n) is 2.05. The number of carbonyl (C=O) groups excluding carboxylic acids is 1. The largest absolute Gasteiger partial charge is 0.494 e. The molecular formula is C19H22FN3O2. The van der Waals surface area contributed by atoms with Gasteiger partial charge in [0, 0.05) is 12.1 Å². The minimum absolute atomic E-state index is 0.347. The molecule has 0 bridgehead atoms. The van der Waals surface area contributed by atoms with Gasteiger partial charge in [-0.25, -0.2) is 9.82 Å². The summed E-state index contributed by atoms with van der Waals surface area (Å²) in [5.74, 6) is 0.0208. The molecule has 1 N–H and O–H groups in total. The Morgan fingerprint density at radius 1 is 1.16 bits per heavy atom. The van der Waals surface area contributed by atoms with E-state index in [4.69, 9.17) is 4.74 Å². The molecule has 0 saturated carbocycles. The van der Waals surface area contributed by atoms with Gasteiger partial charge in [-0.2, -0.15) is 5.10 Å². The second kappa shape index (κ2) is 9.54. The number of carbonyl (C=O) groups is 1. The number of rotatable bonds is 8. The fraction of sp³-hybridized carbons (Fsp3) is 0.263. The molecule has 132 valence electrons. The minimum Gasteiger partial charge on any atom is -0.494 e. The molecule has 0 radical (unpaired) electrons. The van der Waals surface area contributed by atoms with E-state index < -0.39 is 5.91 Å². The molecule has 25 heavy (non-hydrogen) atoms. The molecule has 2 aromatic rings. The number of hydrogen-bond donors (Lipinski definition) is 1. The highest BCUT2D eigenvalue weighted by Gasteiger charge is 2.03. The lowest BCUT2D eigenvalue weighted by atomic mass is 10.2. The summed E-state index contributed by atoms with van der Waals surface area (Å²) in [5, 5.41) is 3.90. The lowest BCUT2D eigenvalue weighted by Crippen LogP contribution is -2.17. The van der Waals surface area contributed by atoms with Crippen LogP contribution in [0.1, 0.15) is 22.3 Å². The van der Waals surface area contributed by atoms with Gasteiger partial charge in [0.2, 0.25) is 0 Å². The third kappa shape index (κ3) is 6.73. The van der Waals surface area contributed by atoms with E-state index in [1.165, 1.54) is 30.5 Å². The monoisotopic (exact) mass is 343 g/mol. The van der Waals surface area contributed by atoms with Crippen molar-refractivity contribution < 1.29 is 13.9 Å². The Balaban J connectivity index is 1.79. The summed E-state index contributed by atoms with van der Waals surface area (Å²) in [6, 6.07) is 12.7. The Morgan fingerprint density at radius 3 is 2.48 bits per heavy atom. The van der Waals surface area contributed by atoms with Crippen molar-refractivity contribution in [3.8, 4) is 5.75 Å². The average Bonchev–Trinajstić information content (AvgIpc) is 2.60. The Kier molecular flexibility index (Phi) is 7.10. The Labute approximate surface area is 147 Å². The van der Waals surface area contributed by atoms with E-state index in [0.717, 1.165) is 24.3 Å². The number of nitrogens with zero attached hydrogens (tertiary/aromatic N) is 2. The first-order valence-corrected chi connectivity index (χ1v) is 8.01. The highest BCUT2D eigenvalue weighted by atomic mass is 19.1. The lowest BCUT2D eigenvalue weighted by molar-refractivity contribution is 0.0955. The van der Waals surface area contributed by atoms with Crippen LogP contribution in [-0.4, -0.2) is 44.3 Å². The van der Waals surface area contributed by atoms with E-state index in [2.05, 4.69) is 15.4 Å². The molecule has 0 aliphatic heterocycles. The molecule has 0 aliphatic rings. The third-order valence-corrected chi connectivity index (χ3v) is 3.38. The van der Waals surface area contributed by atoms with Gasteiger partial charge in [-0.1, -0.05) is 0 Å². The maximum Gasteiger partial charge on any atom is 0.271 e. The molecule has 0 heterocycles. The van der Waals surface area contributed by atoms with E-state index in [1.54, 1.807) is 0 Å². The third-order valence-electron chi connectivity index (χ3n) is 3.38. The van der Waals surface area contributed by atoms with E-state index in [1.807, 2.05) is 38.4 Å². The van der Waals surface area contributed by atoms with E-state index in [9.17, 15) is 9.18 Å². The first-order chi connectivity index (χ1) is 12.0. The number of hydrogen-bond acceptors (Lipinski definition) is 4. The van der Waals surface area contributed by atoms with E-state index in [-0.39, 0.29) is 5.82 Å². The van der Waals surface area contributed by atoms with E-state index >= 15 is 0 Å². The number of halogens is 1. The molecular weight excluding hydrogens is 321 g/mol. The van der Waals surface area contributed by atoms with Crippen LogP contribution in [0.3, 0.4) is 0 Å². The van der Waals surface area contributed by atoms with Gasteiger partial charge in [0.25, 0.3) is 5.91 Å². The van der Waals surface area contributed by atoms with Gasteiger partial charge in [-0.05, 0) is 74.6 Å². The second-order valence-electron chi connectivity index (χ2n) is 5.78. The van der Waals surface area contributed by atoms with Crippen molar-refractivity contribution in [3.05, 3.63) is 65.5 Å².